The number of hydrogen-bond donors (Lipinski definition) is 1. The number of likely N-dealkylation sites (N-methyl/N-ethyl adjacent to an activating group) is 1. The van der Waals surface area contributed by atoms with E-state index in [1.54, 1.807) is 0 Å². The van der Waals surface area contributed by atoms with Crippen LogP contribution in [-0.4, -0.2) is 74.4 Å². The summed E-state index contributed by atoms with van der Waals surface area (Å²) in [6.07, 6.45) is 4.36. The van der Waals surface area contributed by atoms with Gasteiger partial charge in [-0.05, 0) is 51.7 Å². The summed E-state index contributed by atoms with van der Waals surface area (Å²) in [5.74, 6) is 0.802. The molecule has 2 aliphatic heterocycles. The highest BCUT2D eigenvalue weighted by Crippen LogP contribution is 2.21. The summed E-state index contributed by atoms with van der Waals surface area (Å²) >= 11 is 0. The highest BCUT2D eigenvalue weighted by atomic mass is 16.5. The minimum absolute atomic E-state index is 0.413. The molecule has 2 aliphatic rings. The number of likely N-dealkylation sites (tertiary alicyclic amines) is 1. The van der Waals surface area contributed by atoms with E-state index in [1.807, 2.05) is 0 Å². The maximum atomic E-state index is 5.97. The average Bonchev–Trinajstić information content (AvgIpc) is 2.53. The average molecular weight is 297 g/mol. The molecule has 4 heteroatoms. The number of nitrogens with zero attached hydrogens (tertiary/aromatic N) is 2. The van der Waals surface area contributed by atoms with Crippen molar-refractivity contribution in [3.8, 4) is 0 Å². The van der Waals surface area contributed by atoms with Crippen LogP contribution in [0.3, 0.4) is 0 Å². The minimum Gasteiger partial charge on any atom is -0.374 e. The summed E-state index contributed by atoms with van der Waals surface area (Å²) in [5, 5.41) is 3.68. The monoisotopic (exact) mass is 297 g/mol. The van der Waals surface area contributed by atoms with E-state index < -0.39 is 0 Å². The summed E-state index contributed by atoms with van der Waals surface area (Å²) in [4.78, 5) is 5.16. The predicted octanol–water partition coefficient (Wildman–Crippen LogP) is 1.81. The van der Waals surface area contributed by atoms with Crippen LogP contribution in [0.2, 0.25) is 0 Å². The topological polar surface area (TPSA) is 27.7 Å². The zero-order chi connectivity index (χ0) is 15.1. The largest absolute Gasteiger partial charge is 0.374 e. The molecule has 2 rings (SSSR count). The number of piperidine rings is 1. The third-order valence-electron chi connectivity index (χ3n) is 5.10. The van der Waals surface area contributed by atoms with Crippen molar-refractivity contribution in [3.63, 3.8) is 0 Å². The molecule has 4 nitrogen and oxygen atoms in total. The van der Waals surface area contributed by atoms with Gasteiger partial charge in [-0.15, -0.1) is 0 Å². The lowest BCUT2D eigenvalue weighted by atomic mass is 9.91. The summed E-state index contributed by atoms with van der Waals surface area (Å²) in [7, 11) is 0. The number of nitrogens with one attached hydrogen (secondary N) is 1. The highest BCUT2D eigenvalue weighted by Gasteiger charge is 2.27. The van der Waals surface area contributed by atoms with Gasteiger partial charge in [0.15, 0.2) is 0 Å². The van der Waals surface area contributed by atoms with E-state index in [4.69, 9.17) is 4.74 Å². The molecule has 0 bridgehead atoms. The molecule has 2 saturated heterocycles. The Morgan fingerprint density at radius 1 is 1.19 bits per heavy atom. The van der Waals surface area contributed by atoms with Gasteiger partial charge in [0.2, 0.25) is 0 Å². The Kier molecular flexibility index (Phi) is 7.44. The normalized spacial score (nSPS) is 30.4. The zero-order valence-electron chi connectivity index (χ0n) is 14.3. The van der Waals surface area contributed by atoms with Crippen LogP contribution in [0.5, 0.6) is 0 Å². The van der Waals surface area contributed by atoms with E-state index in [0.717, 1.165) is 45.2 Å². The number of rotatable bonds is 7. The summed E-state index contributed by atoms with van der Waals surface area (Å²) in [6, 6.07) is 0.646. The molecule has 21 heavy (non-hydrogen) atoms. The smallest absolute Gasteiger partial charge is 0.0829 e. The second-order valence-corrected chi connectivity index (χ2v) is 6.79. The molecule has 1 N–H and O–H groups in total. The van der Waals surface area contributed by atoms with Crippen LogP contribution in [0.25, 0.3) is 0 Å². The number of ether oxygens (including phenoxy) is 1. The zero-order valence-corrected chi connectivity index (χ0v) is 14.3. The van der Waals surface area contributed by atoms with E-state index in [0.29, 0.717) is 12.1 Å². The van der Waals surface area contributed by atoms with Crippen LogP contribution in [0, 0.1) is 5.92 Å². The van der Waals surface area contributed by atoms with Gasteiger partial charge in [0.05, 0.1) is 12.7 Å². The molecule has 0 aromatic heterocycles. The van der Waals surface area contributed by atoms with Crippen LogP contribution >= 0.6 is 0 Å². The van der Waals surface area contributed by atoms with Crippen molar-refractivity contribution in [3.05, 3.63) is 0 Å². The molecule has 0 aliphatic carbocycles. The quantitative estimate of drug-likeness (QED) is 0.775. The molecule has 2 fully saturated rings. The first-order valence-electron chi connectivity index (χ1n) is 9.02. The fraction of sp³-hybridized carbons (Fsp3) is 1.00. The molecule has 0 radical (unpaired) electrons. The first-order valence-corrected chi connectivity index (χ1v) is 9.02. The SMILES string of the molecule is CCCNC(C)C1CCCN(CC2CN(CC)CCO2)C1. The van der Waals surface area contributed by atoms with Crippen LogP contribution in [0.15, 0.2) is 0 Å². The highest BCUT2D eigenvalue weighted by molar-refractivity contribution is 4.83. The van der Waals surface area contributed by atoms with E-state index >= 15 is 0 Å². The molecular weight excluding hydrogens is 262 g/mol. The second-order valence-electron chi connectivity index (χ2n) is 6.79. The number of morpholine rings is 1. The second kappa shape index (κ2) is 9.09. The van der Waals surface area contributed by atoms with Gasteiger partial charge in [0.25, 0.3) is 0 Å². The van der Waals surface area contributed by atoms with Crippen molar-refractivity contribution >= 4 is 0 Å². The van der Waals surface area contributed by atoms with Crippen molar-refractivity contribution in [2.45, 2.75) is 52.2 Å². The summed E-state index contributed by atoms with van der Waals surface area (Å²) < 4.78 is 5.97. The Hall–Kier alpha value is -0.160. The summed E-state index contributed by atoms with van der Waals surface area (Å²) in [5.41, 5.74) is 0. The molecule has 0 aromatic rings. The van der Waals surface area contributed by atoms with Crippen molar-refractivity contribution in [2.24, 2.45) is 5.92 Å². The predicted molar refractivity (Wildman–Crippen MR) is 88.8 cm³/mol. The van der Waals surface area contributed by atoms with Crippen molar-refractivity contribution in [1.29, 1.82) is 0 Å². The maximum Gasteiger partial charge on any atom is 0.0829 e. The van der Waals surface area contributed by atoms with E-state index in [2.05, 4.69) is 35.9 Å². The fourth-order valence-corrected chi connectivity index (χ4v) is 3.67. The Morgan fingerprint density at radius 3 is 2.81 bits per heavy atom. The van der Waals surface area contributed by atoms with Crippen molar-refractivity contribution in [1.82, 2.24) is 15.1 Å². The minimum atomic E-state index is 0.413. The van der Waals surface area contributed by atoms with E-state index in [-0.39, 0.29) is 0 Å². The Labute approximate surface area is 131 Å². The molecule has 124 valence electrons. The molecule has 0 saturated carbocycles. The molecule has 3 atom stereocenters. The molecule has 0 amide bonds. The molecule has 0 spiro atoms. The van der Waals surface area contributed by atoms with E-state index in [1.165, 1.54) is 32.4 Å². The van der Waals surface area contributed by atoms with Gasteiger partial charge in [-0.2, -0.15) is 0 Å². The van der Waals surface area contributed by atoms with Crippen LogP contribution in [0.1, 0.15) is 40.0 Å². The van der Waals surface area contributed by atoms with Gasteiger partial charge in [-0.3, -0.25) is 4.90 Å². The van der Waals surface area contributed by atoms with Gasteiger partial charge >= 0.3 is 0 Å². The van der Waals surface area contributed by atoms with Gasteiger partial charge in [-0.25, -0.2) is 0 Å². The first kappa shape index (κ1) is 17.2. The molecule has 3 unspecified atom stereocenters. The van der Waals surface area contributed by atoms with Gasteiger partial charge < -0.3 is 15.0 Å². The Bertz CT molecular complexity index is 287. The lowest BCUT2D eigenvalue weighted by molar-refractivity contribution is -0.0470. The molecular formula is C17H35N3O. The lowest BCUT2D eigenvalue weighted by Gasteiger charge is -2.40. The van der Waals surface area contributed by atoms with Gasteiger partial charge in [0.1, 0.15) is 0 Å². The van der Waals surface area contributed by atoms with Gasteiger partial charge in [-0.1, -0.05) is 13.8 Å². The molecule has 0 aromatic carbocycles. The van der Waals surface area contributed by atoms with Gasteiger partial charge in [0, 0.05) is 32.2 Å². The Balaban J connectivity index is 1.75. The summed E-state index contributed by atoms with van der Waals surface area (Å²) in [6.45, 7) is 15.9. The van der Waals surface area contributed by atoms with Crippen LogP contribution in [-0.2, 0) is 4.74 Å². The maximum absolute atomic E-state index is 5.97. The van der Waals surface area contributed by atoms with E-state index in [9.17, 15) is 0 Å². The van der Waals surface area contributed by atoms with Crippen molar-refractivity contribution < 1.29 is 4.74 Å². The Morgan fingerprint density at radius 2 is 2.05 bits per heavy atom. The lowest BCUT2D eigenvalue weighted by Crippen LogP contribution is -2.51. The molecule has 2 heterocycles. The third kappa shape index (κ3) is 5.51. The standard InChI is InChI=1S/C17H35N3O/c1-4-8-18-15(3)16-7-6-9-20(12-16)14-17-13-19(5-2)10-11-21-17/h15-18H,4-14H2,1-3H3. The number of hydrogen-bond acceptors (Lipinski definition) is 4. The third-order valence-corrected chi connectivity index (χ3v) is 5.10. The van der Waals surface area contributed by atoms with Crippen LogP contribution in [0.4, 0.5) is 0 Å². The first-order chi connectivity index (χ1) is 10.2. The van der Waals surface area contributed by atoms with Crippen LogP contribution < -0.4 is 5.32 Å². The van der Waals surface area contributed by atoms with Crippen molar-refractivity contribution in [2.75, 3.05) is 52.4 Å². The fourth-order valence-electron chi connectivity index (χ4n) is 3.67.